The van der Waals surface area contributed by atoms with Crippen molar-refractivity contribution >= 4 is 17.2 Å². The zero-order chi connectivity index (χ0) is 17.5. The standard InChI is InChI=1S/C18H24N2O3S/c1-5-14-12(2)24-18(20-14)8-9-19-17(21)11-13-6-7-15(22-3)16(10-13)23-4/h6-7,10H,5,8-9,11H2,1-4H3,(H,19,21). The van der Waals surface area contributed by atoms with Gasteiger partial charge in [-0.3, -0.25) is 4.79 Å². The summed E-state index contributed by atoms with van der Waals surface area (Å²) in [5.74, 6) is 1.28. The Morgan fingerprint density at radius 2 is 2.00 bits per heavy atom. The van der Waals surface area contributed by atoms with Crippen LogP contribution in [-0.4, -0.2) is 31.7 Å². The van der Waals surface area contributed by atoms with E-state index in [0.717, 1.165) is 29.1 Å². The van der Waals surface area contributed by atoms with Crippen LogP contribution in [0.5, 0.6) is 11.5 Å². The van der Waals surface area contributed by atoms with E-state index in [1.165, 1.54) is 4.88 Å². The lowest BCUT2D eigenvalue weighted by Crippen LogP contribution is -2.27. The zero-order valence-corrected chi connectivity index (χ0v) is 15.5. The Kier molecular flexibility index (Phi) is 6.61. The first-order valence-electron chi connectivity index (χ1n) is 8.00. The Morgan fingerprint density at radius 3 is 2.62 bits per heavy atom. The van der Waals surface area contributed by atoms with E-state index in [4.69, 9.17) is 9.47 Å². The third-order valence-corrected chi connectivity index (χ3v) is 4.82. The normalized spacial score (nSPS) is 10.5. The van der Waals surface area contributed by atoms with Gasteiger partial charge in [-0.1, -0.05) is 13.0 Å². The summed E-state index contributed by atoms with van der Waals surface area (Å²) in [5.41, 5.74) is 2.05. The SMILES string of the molecule is CCc1nc(CCNC(=O)Cc2ccc(OC)c(OC)c2)sc1C. The number of rotatable bonds is 8. The van der Waals surface area contributed by atoms with E-state index in [9.17, 15) is 4.79 Å². The zero-order valence-electron chi connectivity index (χ0n) is 14.6. The Hall–Kier alpha value is -2.08. The van der Waals surface area contributed by atoms with Gasteiger partial charge in [0.15, 0.2) is 11.5 Å². The second-order valence-electron chi connectivity index (χ2n) is 5.43. The summed E-state index contributed by atoms with van der Waals surface area (Å²) in [6.45, 7) is 4.80. The molecule has 0 unspecified atom stereocenters. The van der Waals surface area contributed by atoms with Crippen molar-refractivity contribution in [2.75, 3.05) is 20.8 Å². The molecule has 0 aliphatic carbocycles. The molecule has 1 N–H and O–H groups in total. The average Bonchev–Trinajstić information content (AvgIpc) is 2.94. The maximum Gasteiger partial charge on any atom is 0.224 e. The van der Waals surface area contributed by atoms with Crippen LogP contribution in [0, 0.1) is 6.92 Å². The second kappa shape index (κ2) is 8.68. The molecule has 0 atom stereocenters. The maximum atomic E-state index is 12.1. The minimum absolute atomic E-state index is 0.00814. The van der Waals surface area contributed by atoms with Gasteiger partial charge in [-0.25, -0.2) is 4.98 Å². The van der Waals surface area contributed by atoms with Gasteiger partial charge in [-0.05, 0) is 31.0 Å². The number of aromatic nitrogens is 1. The van der Waals surface area contributed by atoms with Crippen molar-refractivity contribution in [3.05, 3.63) is 39.3 Å². The summed E-state index contributed by atoms with van der Waals surface area (Å²) in [6, 6.07) is 5.51. The van der Waals surface area contributed by atoms with Gasteiger partial charge in [0.1, 0.15) is 0 Å². The molecule has 0 fully saturated rings. The van der Waals surface area contributed by atoms with E-state index < -0.39 is 0 Å². The van der Waals surface area contributed by atoms with Crippen molar-refractivity contribution in [2.24, 2.45) is 0 Å². The third-order valence-electron chi connectivity index (χ3n) is 3.75. The molecular weight excluding hydrogens is 324 g/mol. The fraction of sp³-hybridized carbons (Fsp3) is 0.444. The van der Waals surface area contributed by atoms with Crippen LogP contribution < -0.4 is 14.8 Å². The molecule has 1 aromatic heterocycles. The average molecular weight is 348 g/mol. The van der Waals surface area contributed by atoms with Gasteiger partial charge in [0.05, 0.1) is 31.3 Å². The predicted octanol–water partition coefficient (Wildman–Crippen LogP) is 2.93. The molecule has 0 saturated heterocycles. The van der Waals surface area contributed by atoms with E-state index in [1.807, 2.05) is 18.2 Å². The van der Waals surface area contributed by atoms with Gasteiger partial charge in [0, 0.05) is 17.8 Å². The Labute approximate surface area is 147 Å². The highest BCUT2D eigenvalue weighted by molar-refractivity contribution is 7.11. The fourth-order valence-corrected chi connectivity index (χ4v) is 3.49. The van der Waals surface area contributed by atoms with Gasteiger partial charge in [-0.15, -0.1) is 11.3 Å². The topological polar surface area (TPSA) is 60.5 Å². The van der Waals surface area contributed by atoms with Crippen LogP contribution in [0.2, 0.25) is 0 Å². The van der Waals surface area contributed by atoms with Crippen molar-refractivity contribution < 1.29 is 14.3 Å². The molecule has 0 aliphatic heterocycles. The summed E-state index contributed by atoms with van der Waals surface area (Å²) in [4.78, 5) is 17.9. The quantitative estimate of drug-likeness (QED) is 0.797. The first-order chi connectivity index (χ1) is 11.6. The highest BCUT2D eigenvalue weighted by atomic mass is 32.1. The van der Waals surface area contributed by atoms with E-state index in [-0.39, 0.29) is 5.91 Å². The lowest BCUT2D eigenvalue weighted by molar-refractivity contribution is -0.120. The number of nitrogens with one attached hydrogen (secondary N) is 1. The van der Waals surface area contributed by atoms with Crippen LogP contribution in [-0.2, 0) is 24.1 Å². The molecule has 0 bridgehead atoms. The smallest absolute Gasteiger partial charge is 0.224 e. The minimum atomic E-state index is -0.00814. The summed E-state index contributed by atoms with van der Waals surface area (Å²) < 4.78 is 10.5. The van der Waals surface area contributed by atoms with Gasteiger partial charge in [0.25, 0.3) is 0 Å². The molecule has 0 radical (unpaired) electrons. The lowest BCUT2D eigenvalue weighted by Gasteiger charge is -2.09. The molecule has 0 aliphatic rings. The predicted molar refractivity (Wildman–Crippen MR) is 96.2 cm³/mol. The number of amides is 1. The Bertz CT molecular complexity index is 698. The molecule has 0 saturated carbocycles. The van der Waals surface area contributed by atoms with E-state index in [2.05, 4.69) is 24.1 Å². The summed E-state index contributed by atoms with van der Waals surface area (Å²) in [6.07, 6.45) is 2.04. The Morgan fingerprint density at radius 1 is 1.25 bits per heavy atom. The minimum Gasteiger partial charge on any atom is -0.493 e. The number of carbonyl (C=O) groups is 1. The number of ether oxygens (including phenoxy) is 2. The number of nitrogens with zero attached hydrogens (tertiary/aromatic N) is 1. The molecule has 2 aromatic rings. The molecule has 1 heterocycles. The molecule has 2 rings (SSSR count). The number of methoxy groups -OCH3 is 2. The van der Waals surface area contributed by atoms with Crippen molar-refractivity contribution in [1.29, 1.82) is 0 Å². The fourth-order valence-electron chi connectivity index (χ4n) is 2.47. The van der Waals surface area contributed by atoms with E-state index >= 15 is 0 Å². The molecule has 5 nitrogen and oxygen atoms in total. The van der Waals surface area contributed by atoms with E-state index in [0.29, 0.717) is 24.5 Å². The van der Waals surface area contributed by atoms with Crippen LogP contribution in [0.25, 0.3) is 0 Å². The van der Waals surface area contributed by atoms with Crippen LogP contribution >= 0.6 is 11.3 Å². The number of aryl methyl sites for hydroxylation is 2. The molecule has 24 heavy (non-hydrogen) atoms. The van der Waals surface area contributed by atoms with Crippen molar-refractivity contribution in [3.8, 4) is 11.5 Å². The number of carbonyl (C=O) groups excluding carboxylic acids is 1. The monoisotopic (exact) mass is 348 g/mol. The van der Waals surface area contributed by atoms with Gasteiger partial charge in [0.2, 0.25) is 5.91 Å². The number of thiazole rings is 1. The van der Waals surface area contributed by atoms with Crippen molar-refractivity contribution in [3.63, 3.8) is 0 Å². The van der Waals surface area contributed by atoms with Crippen LogP contribution in [0.4, 0.5) is 0 Å². The van der Waals surface area contributed by atoms with E-state index in [1.54, 1.807) is 25.6 Å². The van der Waals surface area contributed by atoms with Crippen molar-refractivity contribution in [1.82, 2.24) is 10.3 Å². The molecule has 1 amide bonds. The first kappa shape index (κ1) is 18.3. The molecular formula is C18H24N2O3S. The molecule has 0 spiro atoms. The Balaban J connectivity index is 1.84. The largest absolute Gasteiger partial charge is 0.493 e. The van der Waals surface area contributed by atoms with Gasteiger partial charge < -0.3 is 14.8 Å². The number of benzene rings is 1. The second-order valence-corrected chi connectivity index (χ2v) is 6.72. The first-order valence-corrected chi connectivity index (χ1v) is 8.81. The van der Waals surface area contributed by atoms with Crippen molar-refractivity contribution in [2.45, 2.75) is 33.1 Å². The van der Waals surface area contributed by atoms with Crippen LogP contribution in [0.1, 0.15) is 28.1 Å². The highest BCUT2D eigenvalue weighted by Gasteiger charge is 2.09. The van der Waals surface area contributed by atoms with Crippen LogP contribution in [0.3, 0.4) is 0 Å². The maximum absolute atomic E-state index is 12.1. The summed E-state index contributed by atoms with van der Waals surface area (Å²) in [7, 11) is 3.18. The number of hydrogen-bond donors (Lipinski definition) is 1. The lowest BCUT2D eigenvalue weighted by atomic mass is 10.1. The highest BCUT2D eigenvalue weighted by Crippen LogP contribution is 2.27. The van der Waals surface area contributed by atoms with Gasteiger partial charge >= 0.3 is 0 Å². The van der Waals surface area contributed by atoms with Crippen LogP contribution in [0.15, 0.2) is 18.2 Å². The number of hydrogen-bond acceptors (Lipinski definition) is 5. The molecule has 130 valence electrons. The summed E-state index contributed by atoms with van der Waals surface area (Å²) in [5, 5.41) is 4.03. The molecule has 1 aromatic carbocycles. The van der Waals surface area contributed by atoms with Gasteiger partial charge in [-0.2, -0.15) is 0 Å². The molecule has 6 heteroatoms. The summed E-state index contributed by atoms with van der Waals surface area (Å²) >= 11 is 1.71. The third kappa shape index (κ3) is 4.71.